The monoisotopic (exact) mass is 283 g/mol. The van der Waals surface area contributed by atoms with Gasteiger partial charge in [-0.2, -0.15) is 5.10 Å². The van der Waals surface area contributed by atoms with Gasteiger partial charge in [-0.3, -0.25) is 9.89 Å². The Bertz CT molecular complexity index is 490. The smallest absolute Gasteiger partial charge is 0.303 e. The number of halogens is 1. The lowest BCUT2D eigenvalue weighted by atomic mass is 10.2. The van der Waals surface area contributed by atoms with E-state index in [-0.39, 0.29) is 6.42 Å². The molecule has 0 saturated carbocycles. The van der Waals surface area contributed by atoms with E-state index in [4.69, 9.17) is 5.11 Å². The quantitative estimate of drug-likeness (QED) is 0.804. The summed E-state index contributed by atoms with van der Waals surface area (Å²) < 4.78 is 0.816. The van der Waals surface area contributed by atoms with Crippen molar-refractivity contribution in [2.75, 3.05) is 0 Å². The molecular formula is C10H10BrN3O2. The van der Waals surface area contributed by atoms with E-state index in [2.05, 4.69) is 31.1 Å². The molecule has 0 aliphatic rings. The molecular weight excluding hydrogens is 274 g/mol. The number of H-pyrrole nitrogens is 2. The molecule has 0 amide bonds. The zero-order valence-corrected chi connectivity index (χ0v) is 9.91. The largest absolute Gasteiger partial charge is 0.481 e. The number of hydrogen-bond donors (Lipinski definition) is 3. The summed E-state index contributed by atoms with van der Waals surface area (Å²) in [5.41, 5.74) is 2.46. The second-order valence-corrected chi connectivity index (χ2v) is 4.14. The fraction of sp³-hybridized carbons (Fsp3) is 0.200. The van der Waals surface area contributed by atoms with Crippen molar-refractivity contribution < 1.29 is 9.90 Å². The number of nitrogens with zero attached hydrogens (tertiary/aromatic N) is 1. The molecule has 0 aromatic carbocycles. The molecule has 0 unspecified atom stereocenters. The van der Waals surface area contributed by atoms with Crippen LogP contribution in [0.15, 0.2) is 22.8 Å². The zero-order valence-electron chi connectivity index (χ0n) is 8.33. The Labute approximate surface area is 100 Å². The van der Waals surface area contributed by atoms with Crippen LogP contribution in [0.2, 0.25) is 0 Å². The molecule has 6 heteroatoms. The Morgan fingerprint density at radius 2 is 2.38 bits per heavy atom. The van der Waals surface area contributed by atoms with Crippen molar-refractivity contribution in [3.8, 4) is 11.4 Å². The van der Waals surface area contributed by atoms with Crippen molar-refractivity contribution in [3.63, 3.8) is 0 Å². The number of carboxylic acids is 1. The van der Waals surface area contributed by atoms with Gasteiger partial charge in [-0.05, 0) is 28.1 Å². The SMILES string of the molecule is O=C(O)CCc1[nH]nc(-c2ccc[nH]2)c1Br. The molecule has 0 spiro atoms. The van der Waals surface area contributed by atoms with Crippen LogP contribution >= 0.6 is 15.9 Å². The standard InChI is InChI=1S/C10H10BrN3O2/c11-9-6(3-4-8(15)16)13-14-10(9)7-2-1-5-12-7/h1-2,5,12H,3-4H2,(H,13,14)(H,15,16). The number of nitrogens with one attached hydrogen (secondary N) is 2. The predicted octanol–water partition coefficient (Wildman–Crippen LogP) is 2.18. The Hall–Kier alpha value is -1.56. The highest BCUT2D eigenvalue weighted by Crippen LogP contribution is 2.28. The first-order valence-corrected chi connectivity index (χ1v) is 5.56. The minimum atomic E-state index is -0.817. The van der Waals surface area contributed by atoms with Crippen molar-refractivity contribution in [2.45, 2.75) is 12.8 Å². The number of aliphatic carboxylic acids is 1. The Balaban J connectivity index is 2.21. The second-order valence-electron chi connectivity index (χ2n) is 3.34. The molecule has 2 rings (SSSR count). The van der Waals surface area contributed by atoms with Crippen LogP contribution in [0.4, 0.5) is 0 Å². The number of carbonyl (C=O) groups is 1. The summed E-state index contributed by atoms with van der Waals surface area (Å²) in [4.78, 5) is 13.5. The molecule has 16 heavy (non-hydrogen) atoms. The molecule has 0 radical (unpaired) electrons. The maximum atomic E-state index is 10.5. The van der Waals surface area contributed by atoms with E-state index in [0.717, 1.165) is 21.6 Å². The van der Waals surface area contributed by atoms with Crippen LogP contribution in [0.5, 0.6) is 0 Å². The molecule has 2 heterocycles. The first-order valence-electron chi connectivity index (χ1n) is 4.77. The van der Waals surface area contributed by atoms with Gasteiger partial charge in [0.2, 0.25) is 0 Å². The van der Waals surface area contributed by atoms with Gasteiger partial charge in [0, 0.05) is 12.6 Å². The molecule has 2 aromatic heterocycles. The van der Waals surface area contributed by atoms with Gasteiger partial charge < -0.3 is 10.1 Å². The van der Waals surface area contributed by atoms with Crippen LogP contribution < -0.4 is 0 Å². The molecule has 84 valence electrons. The van der Waals surface area contributed by atoms with E-state index in [1.807, 2.05) is 18.3 Å². The summed E-state index contributed by atoms with van der Waals surface area (Å²) in [6.07, 6.45) is 2.34. The van der Waals surface area contributed by atoms with Crippen molar-refractivity contribution in [1.29, 1.82) is 0 Å². The highest BCUT2D eigenvalue weighted by Gasteiger charge is 2.13. The maximum Gasteiger partial charge on any atom is 0.303 e. The predicted molar refractivity (Wildman–Crippen MR) is 62.0 cm³/mol. The van der Waals surface area contributed by atoms with Gasteiger partial charge in [0.05, 0.1) is 22.3 Å². The Kier molecular flexibility index (Phi) is 3.09. The Morgan fingerprint density at radius 1 is 1.56 bits per heavy atom. The van der Waals surface area contributed by atoms with Crippen molar-refractivity contribution in [1.82, 2.24) is 15.2 Å². The number of aryl methyl sites for hydroxylation is 1. The van der Waals surface area contributed by atoms with Crippen LogP contribution in [0, 0.1) is 0 Å². The minimum absolute atomic E-state index is 0.0883. The second kappa shape index (κ2) is 4.52. The third kappa shape index (κ3) is 2.16. The molecule has 0 atom stereocenters. The van der Waals surface area contributed by atoms with E-state index < -0.39 is 5.97 Å². The lowest BCUT2D eigenvalue weighted by Crippen LogP contribution is -1.98. The lowest BCUT2D eigenvalue weighted by Gasteiger charge is -1.95. The fourth-order valence-electron chi connectivity index (χ4n) is 1.42. The normalized spacial score (nSPS) is 10.6. The summed E-state index contributed by atoms with van der Waals surface area (Å²) in [6.45, 7) is 0. The first-order chi connectivity index (χ1) is 7.68. The van der Waals surface area contributed by atoms with Gasteiger partial charge in [-0.25, -0.2) is 0 Å². The van der Waals surface area contributed by atoms with E-state index in [9.17, 15) is 4.79 Å². The van der Waals surface area contributed by atoms with Gasteiger partial charge in [-0.1, -0.05) is 0 Å². The topological polar surface area (TPSA) is 81.8 Å². The van der Waals surface area contributed by atoms with E-state index in [1.165, 1.54) is 0 Å². The summed E-state index contributed by atoms with van der Waals surface area (Å²) in [5.74, 6) is -0.817. The average molecular weight is 284 g/mol. The van der Waals surface area contributed by atoms with Gasteiger partial charge in [0.1, 0.15) is 5.69 Å². The van der Waals surface area contributed by atoms with Gasteiger partial charge in [-0.15, -0.1) is 0 Å². The van der Waals surface area contributed by atoms with E-state index in [1.54, 1.807) is 0 Å². The maximum absolute atomic E-state index is 10.5. The third-order valence-electron chi connectivity index (χ3n) is 2.22. The van der Waals surface area contributed by atoms with Gasteiger partial charge >= 0.3 is 5.97 Å². The summed E-state index contributed by atoms with van der Waals surface area (Å²) in [5, 5.41) is 15.6. The first kappa shape index (κ1) is 10.9. The van der Waals surface area contributed by atoms with Gasteiger partial charge in [0.25, 0.3) is 0 Å². The molecule has 0 fully saturated rings. The van der Waals surface area contributed by atoms with Gasteiger partial charge in [0.15, 0.2) is 0 Å². The summed E-state index contributed by atoms with van der Waals surface area (Å²) in [6, 6.07) is 3.79. The molecule has 3 N–H and O–H groups in total. The van der Waals surface area contributed by atoms with Crippen LogP contribution in [-0.4, -0.2) is 26.3 Å². The molecule has 5 nitrogen and oxygen atoms in total. The summed E-state index contributed by atoms with van der Waals surface area (Å²) in [7, 11) is 0. The van der Waals surface area contributed by atoms with Crippen LogP contribution in [0.25, 0.3) is 11.4 Å². The average Bonchev–Trinajstić information content (AvgIpc) is 2.84. The zero-order chi connectivity index (χ0) is 11.5. The number of carboxylic acid groups (broad SMARTS) is 1. The number of aromatic nitrogens is 3. The van der Waals surface area contributed by atoms with E-state index in [0.29, 0.717) is 6.42 Å². The summed E-state index contributed by atoms with van der Waals surface area (Å²) >= 11 is 3.42. The molecule has 0 aliphatic carbocycles. The minimum Gasteiger partial charge on any atom is -0.481 e. The molecule has 0 bridgehead atoms. The van der Waals surface area contributed by atoms with Crippen LogP contribution in [0.3, 0.4) is 0 Å². The molecule has 0 saturated heterocycles. The fourth-order valence-corrected chi connectivity index (χ4v) is 2.01. The highest BCUT2D eigenvalue weighted by atomic mass is 79.9. The third-order valence-corrected chi connectivity index (χ3v) is 3.07. The molecule has 0 aliphatic heterocycles. The Morgan fingerprint density at radius 3 is 3.00 bits per heavy atom. The number of aromatic amines is 2. The van der Waals surface area contributed by atoms with Crippen molar-refractivity contribution in [2.24, 2.45) is 0 Å². The number of hydrogen-bond acceptors (Lipinski definition) is 2. The highest BCUT2D eigenvalue weighted by molar-refractivity contribution is 9.10. The van der Waals surface area contributed by atoms with E-state index >= 15 is 0 Å². The molecule has 2 aromatic rings. The van der Waals surface area contributed by atoms with Crippen LogP contribution in [-0.2, 0) is 11.2 Å². The lowest BCUT2D eigenvalue weighted by molar-refractivity contribution is -0.136. The number of rotatable bonds is 4. The van der Waals surface area contributed by atoms with Crippen molar-refractivity contribution in [3.05, 3.63) is 28.5 Å². The van der Waals surface area contributed by atoms with Crippen LogP contribution in [0.1, 0.15) is 12.1 Å². The van der Waals surface area contributed by atoms with Crippen molar-refractivity contribution >= 4 is 21.9 Å².